The zero-order chi connectivity index (χ0) is 17.5. The number of likely N-dealkylation sites (tertiary alicyclic amines) is 1. The van der Waals surface area contributed by atoms with Gasteiger partial charge in [0.1, 0.15) is 5.82 Å². The topological polar surface area (TPSA) is 32.3 Å². The van der Waals surface area contributed by atoms with Crippen LogP contribution in [0.2, 0.25) is 0 Å². The molecule has 1 atom stereocenters. The van der Waals surface area contributed by atoms with Crippen LogP contribution in [-0.2, 0) is 11.3 Å². The highest BCUT2D eigenvalue weighted by Gasteiger charge is 2.25. The summed E-state index contributed by atoms with van der Waals surface area (Å²) >= 11 is 0. The monoisotopic (exact) mass is 344 g/mol. The van der Waals surface area contributed by atoms with E-state index in [-0.39, 0.29) is 17.6 Å². The highest BCUT2D eigenvalue weighted by atomic mass is 19.1. The lowest BCUT2D eigenvalue weighted by molar-refractivity contribution is -0.126. The van der Waals surface area contributed by atoms with E-state index in [1.165, 1.54) is 37.3 Å². The van der Waals surface area contributed by atoms with Crippen LogP contribution in [0, 0.1) is 11.7 Å². The first-order valence-electron chi connectivity index (χ1n) is 9.63. The summed E-state index contributed by atoms with van der Waals surface area (Å²) in [5.74, 6) is 0.0452. The maximum Gasteiger partial charge on any atom is 0.224 e. The van der Waals surface area contributed by atoms with E-state index >= 15 is 0 Å². The van der Waals surface area contributed by atoms with Crippen molar-refractivity contribution in [3.63, 3.8) is 0 Å². The molecule has 3 rings (SSSR count). The van der Waals surface area contributed by atoms with Gasteiger partial charge in [-0.05, 0) is 69.2 Å². The van der Waals surface area contributed by atoms with Crippen molar-refractivity contribution in [3.05, 3.63) is 47.3 Å². The van der Waals surface area contributed by atoms with Crippen LogP contribution in [0.5, 0.6) is 0 Å². The Balaban J connectivity index is 1.43. The minimum atomic E-state index is -0.194. The number of nitrogens with zero attached hydrogens (tertiary/aromatic N) is 1. The average molecular weight is 344 g/mol. The van der Waals surface area contributed by atoms with E-state index in [0.717, 1.165) is 44.5 Å². The largest absolute Gasteiger partial charge is 0.356 e. The zero-order valence-corrected chi connectivity index (χ0v) is 15.0. The molecule has 2 aliphatic rings. The van der Waals surface area contributed by atoms with E-state index in [4.69, 9.17) is 0 Å². The Kier molecular flexibility index (Phi) is 6.62. The lowest BCUT2D eigenvalue weighted by Crippen LogP contribution is -2.43. The van der Waals surface area contributed by atoms with E-state index in [2.05, 4.69) is 16.3 Å². The van der Waals surface area contributed by atoms with E-state index in [1.807, 2.05) is 6.07 Å². The maximum absolute atomic E-state index is 13.3. The maximum atomic E-state index is 13.3. The third kappa shape index (κ3) is 5.67. The second-order valence-corrected chi connectivity index (χ2v) is 7.35. The lowest BCUT2D eigenvalue weighted by atomic mass is 9.95. The Hall–Kier alpha value is -1.68. The van der Waals surface area contributed by atoms with Crippen LogP contribution in [0.15, 0.2) is 35.9 Å². The molecule has 1 fully saturated rings. The minimum absolute atomic E-state index is 0.0580. The normalized spacial score (nSPS) is 21.6. The minimum Gasteiger partial charge on any atom is -0.356 e. The number of benzene rings is 1. The number of hydrogen-bond donors (Lipinski definition) is 1. The smallest absolute Gasteiger partial charge is 0.224 e. The second-order valence-electron chi connectivity index (χ2n) is 7.35. The Morgan fingerprint density at radius 3 is 3.00 bits per heavy atom. The standard InChI is InChI=1S/C21H29FN2O/c22-20-10-4-8-18(14-20)15-24-13-5-9-19(16-24)21(25)23-12-11-17-6-2-1-3-7-17/h4,6,8,10,14,19H,1-3,5,7,9,11-13,15-16H2,(H,23,25). The number of rotatable bonds is 6. The predicted octanol–water partition coefficient (Wildman–Crippen LogP) is 4.04. The number of allylic oxidation sites excluding steroid dienone is 1. The van der Waals surface area contributed by atoms with Crippen molar-refractivity contribution >= 4 is 5.91 Å². The molecule has 136 valence electrons. The molecule has 1 aromatic rings. The highest BCUT2D eigenvalue weighted by molar-refractivity contribution is 5.78. The highest BCUT2D eigenvalue weighted by Crippen LogP contribution is 2.21. The van der Waals surface area contributed by atoms with Crippen molar-refractivity contribution in [2.45, 2.75) is 51.5 Å². The predicted molar refractivity (Wildman–Crippen MR) is 98.6 cm³/mol. The lowest BCUT2D eigenvalue weighted by Gasteiger charge is -2.32. The third-order valence-electron chi connectivity index (χ3n) is 5.30. The van der Waals surface area contributed by atoms with Crippen LogP contribution in [0.25, 0.3) is 0 Å². The summed E-state index contributed by atoms with van der Waals surface area (Å²) in [6, 6.07) is 6.75. The first kappa shape index (κ1) is 18.1. The van der Waals surface area contributed by atoms with Crippen LogP contribution >= 0.6 is 0 Å². The number of piperidine rings is 1. The molecule has 1 N–H and O–H groups in total. The molecular weight excluding hydrogens is 315 g/mol. The second kappa shape index (κ2) is 9.14. The Labute approximate surface area is 150 Å². The molecular formula is C21H29FN2O. The number of carbonyl (C=O) groups excluding carboxylic acids is 1. The molecule has 1 saturated heterocycles. The number of hydrogen-bond acceptors (Lipinski definition) is 2. The summed E-state index contributed by atoms with van der Waals surface area (Å²) in [4.78, 5) is 14.7. The molecule has 0 spiro atoms. The average Bonchev–Trinajstić information content (AvgIpc) is 2.63. The van der Waals surface area contributed by atoms with E-state index in [9.17, 15) is 9.18 Å². The van der Waals surface area contributed by atoms with Crippen molar-refractivity contribution in [2.75, 3.05) is 19.6 Å². The van der Waals surface area contributed by atoms with Crippen LogP contribution in [0.1, 0.15) is 50.5 Å². The molecule has 1 aromatic carbocycles. The summed E-state index contributed by atoms with van der Waals surface area (Å²) in [5.41, 5.74) is 2.48. The van der Waals surface area contributed by atoms with Gasteiger partial charge in [0.25, 0.3) is 0 Å². The summed E-state index contributed by atoms with van der Waals surface area (Å²) in [7, 11) is 0. The Bertz CT molecular complexity index is 614. The molecule has 0 bridgehead atoms. The van der Waals surface area contributed by atoms with Gasteiger partial charge in [-0.3, -0.25) is 9.69 Å². The number of carbonyl (C=O) groups is 1. The molecule has 25 heavy (non-hydrogen) atoms. The van der Waals surface area contributed by atoms with Crippen LogP contribution < -0.4 is 5.32 Å². The molecule has 1 unspecified atom stereocenters. The van der Waals surface area contributed by atoms with Crippen molar-refractivity contribution in [1.29, 1.82) is 0 Å². The van der Waals surface area contributed by atoms with Crippen LogP contribution in [0.4, 0.5) is 4.39 Å². The summed E-state index contributed by atoms with van der Waals surface area (Å²) in [5, 5.41) is 3.13. The Morgan fingerprint density at radius 2 is 2.20 bits per heavy atom. The van der Waals surface area contributed by atoms with Crippen molar-refractivity contribution < 1.29 is 9.18 Å². The first-order valence-corrected chi connectivity index (χ1v) is 9.63. The van der Waals surface area contributed by atoms with Crippen molar-refractivity contribution in [2.24, 2.45) is 5.92 Å². The van der Waals surface area contributed by atoms with Gasteiger partial charge in [0, 0.05) is 19.6 Å². The molecule has 3 nitrogen and oxygen atoms in total. The quantitative estimate of drug-likeness (QED) is 0.790. The van der Waals surface area contributed by atoms with Gasteiger partial charge in [-0.25, -0.2) is 4.39 Å². The first-order chi connectivity index (χ1) is 12.2. The van der Waals surface area contributed by atoms with E-state index in [0.29, 0.717) is 6.54 Å². The number of halogens is 1. The molecule has 4 heteroatoms. The van der Waals surface area contributed by atoms with Gasteiger partial charge in [-0.2, -0.15) is 0 Å². The van der Waals surface area contributed by atoms with Gasteiger partial charge < -0.3 is 5.32 Å². The van der Waals surface area contributed by atoms with Gasteiger partial charge in [-0.1, -0.05) is 23.8 Å². The zero-order valence-electron chi connectivity index (χ0n) is 15.0. The Morgan fingerprint density at radius 1 is 1.28 bits per heavy atom. The van der Waals surface area contributed by atoms with E-state index in [1.54, 1.807) is 12.1 Å². The fourth-order valence-corrected chi connectivity index (χ4v) is 3.93. The van der Waals surface area contributed by atoms with Crippen LogP contribution in [-0.4, -0.2) is 30.4 Å². The van der Waals surface area contributed by atoms with Gasteiger partial charge in [-0.15, -0.1) is 0 Å². The third-order valence-corrected chi connectivity index (χ3v) is 5.30. The summed E-state index contributed by atoms with van der Waals surface area (Å²) in [6.07, 6.45) is 10.3. The summed E-state index contributed by atoms with van der Waals surface area (Å²) < 4.78 is 13.3. The van der Waals surface area contributed by atoms with Gasteiger partial charge >= 0.3 is 0 Å². The number of amides is 1. The van der Waals surface area contributed by atoms with Crippen molar-refractivity contribution in [3.8, 4) is 0 Å². The molecule has 1 aliphatic carbocycles. The summed E-state index contributed by atoms with van der Waals surface area (Å²) in [6.45, 7) is 3.22. The number of nitrogens with one attached hydrogen (secondary N) is 1. The van der Waals surface area contributed by atoms with Gasteiger partial charge in [0.05, 0.1) is 5.92 Å². The SMILES string of the molecule is O=C(NCCC1=CCCCC1)C1CCCN(Cc2cccc(F)c2)C1. The molecule has 0 radical (unpaired) electrons. The molecule has 0 aromatic heterocycles. The molecule has 1 heterocycles. The van der Waals surface area contributed by atoms with E-state index < -0.39 is 0 Å². The van der Waals surface area contributed by atoms with Gasteiger partial charge in [0.15, 0.2) is 0 Å². The fourth-order valence-electron chi connectivity index (χ4n) is 3.93. The fraction of sp³-hybridized carbons (Fsp3) is 0.571. The molecule has 1 amide bonds. The van der Waals surface area contributed by atoms with Crippen LogP contribution in [0.3, 0.4) is 0 Å². The molecule has 0 saturated carbocycles. The van der Waals surface area contributed by atoms with Crippen molar-refractivity contribution in [1.82, 2.24) is 10.2 Å². The molecule has 1 aliphatic heterocycles. The van der Waals surface area contributed by atoms with Gasteiger partial charge in [0.2, 0.25) is 5.91 Å².